The lowest BCUT2D eigenvalue weighted by atomic mass is 9.96. The molecule has 0 saturated carbocycles. The standard InChI is InChI=1S/C19H28FN3O2/c20-18-6-2-1-4-16(18)13-22-10-7-15(8-11-22)12-21-19(25)23-9-3-5-17(24)14-23/h1-2,4,6,15,17,24H,3,5,7-14H2,(H,21,25). The van der Waals surface area contributed by atoms with Gasteiger partial charge in [-0.2, -0.15) is 0 Å². The van der Waals surface area contributed by atoms with Gasteiger partial charge in [-0.05, 0) is 50.8 Å². The van der Waals surface area contributed by atoms with Gasteiger partial charge in [0.25, 0.3) is 0 Å². The second-order valence-corrected chi connectivity index (χ2v) is 7.24. The number of nitrogens with one attached hydrogen (secondary N) is 1. The van der Waals surface area contributed by atoms with E-state index < -0.39 is 0 Å². The molecule has 138 valence electrons. The Morgan fingerprint density at radius 1 is 1.20 bits per heavy atom. The van der Waals surface area contributed by atoms with E-state index in [4.69, 9.17) is 0 Å². The average molecular weight is 349 g/mol. The van der Waals surface area contributed by atoms with E-state index in [1.807, 2.05) is 12.1 Å². The van der Waals surface area contributed by atoms with Crippen molar-refractivity contribution in [3.8, 4) is 0 Å². The summed E-state index contributed by atoms with van der Waals surface area (Å²) in [5.74, 6) is 0.330. The number of aliphatic hydroxyl groups excluding tert-OH is 1. The van der Waals surface area contributed by atoms with E-state index in [1.165, 1.54) is 6.07 Å². The van der Waals surface area contributed by atoms with Crippen molar-refractivity contribution in [1.29, 1.82) is 0 Å². The van der Waals surface area contributed by atoms with Crippen LogP contribution in [0.15, 0.2) is 24.3 Å². The molecule has 2 saturated heterocycles. The monoisotopic (exact) mass is 349 g/mol. The van der Waals surface area contributed by atoms with Crippen molar-refractivity contribution < 1.29 is 14.3 Å². The Morgan fingerprint density at radius 3 is 2.68 bits per heavy atom. The van der Waals surface area contributed by atoms with Crippen LogP contribution in [-0.2, 0) is 6.54 Å². The quantitative estimate of drug-likeness (QED) is 0.876. The number of nitrogens with zero attached hydrogens (tertiary/aromatic N) is 2. The van der Waals surface area contributed by atoms with Gasteiger partial charge in [-0.25, -0.2) is 9.18 Å². The van der Waals surface area contributed by atoms with Crippen molar-refractivity contribution in [3.05, 3.63) is 35.6 Å². The lowest BCUT2D eigenvalue weighted by molar-refractivity contribution is 0.0833. The fourth-order valence-corrected chi connectivity index (χ4v) is 3.70. The summed E-state index contributed by atoms with van der Waals surface area (Å²) in [5, 5.41) is 12.7. The van der Waals surface area contributed by atoms with E-state index in [9.17, 15) is 14.3 Å². The molecule has 6 heteroatoms. The van der Waals surface area contributed by atoms with Crippen LogP contribution in [0, 0.1) is 11.7 Å². The molecule has 5 nitrogen and oxygen atoms in total. The first-order valence-corrected chi connectivity index (χ1v) is 9.28. The summed E-state index contributed by atoms with van der Waals surface area (Å²) in [6.07, 6.45) is 3.28. The third-order valence-corrected chi connectivity index (χ3v) is 5.28. The first-order valence-electron chi connectivity index (χ1n) is 9.28. The molecule has 1 unspecified atom stereocenters. The molecule has 3 rings (SSSR count). The van der Waals surface area contributed by atoms with Crippen LogP contribution >= 0.6 is 0 Å². The number of benzene rings is 1. The molecule has 1 atom stereocenters. The average Bonchev–Trinajstić information content (AvgIpc) is 2.63. The van der Waals surface area contributed by atoms with Gasteiger partial charge in [0.1, 0.15) is 5.82 Å². The molecular weight excluding hydrogens is 321 g/mol. The van der Waals surface area contributed by atoms with Gasteiger partial charge in [0, 0.05) is 31.7 Å². The highest BCUT2D eigenvalue weighted by Crippen LogP contribution is 2.19. The second kappa shape index (κ2) is 8.63. The van der Waals surface area contributed by atoms with Gasteiger partial charge in [0.15, 0.2) is 0 Å². The third-order valence-electron chi connectivity index (χ3n) is 5.28. The number of rotatable bonds is 4. The summed E-state index contributed by atoms with van der Waals surface area (Å²) in [7, 11) is 0. The number of β-amino-alcohol motifs (C(OH)–C–C–N with tert-alkyl or cyclic N) is 1. The van der Waals surface area contributed by atoms with Crippen LogP contribution in [-0.4, -0.2) is 59.8 Å². The van der Waals surface area contributed by atoms with E-state index in [0.717, 1.165) is 50.9 Å². The molecule has 2 aliphatic rings. The minimum Gasteiger partial charge on any atom is -0.391 e. The zero-order valence-electron chi connectivity index (χ0n) is 14.7. The minimum absolute atomic E-state index is 0.0625. The third kappa shape index (κ3) is 5.16. The molecule has 2 heterocycles. The summed E-state index contributed by atoms with van der Waals surface area (Å²) >= 11 is 0. The number of carbonyl (C=O) groups is 1. The maximum atomic E-state index is 13.7. The topological polar surface area (TPSA) is 55.8 Å². The lowest BCUT2D eigenvalue weighted by Crippen LogP contribution is -2.48. The van der Waals surface area contributed by atoms with Crippen LogP contribution in [0.4, 0.5) is 9.18 Å². The zero-order chi connectivity index (χ0) is 17.6. The fraction of sp³-hybridized carbons (Fsp3) is 0.632. The van der Waals surface area contributed by atoms with Gasteiger partial charge in [0.2, 0.25) is 0 Å². The Morgan fingerprint density at radius 2 is 1.96 bits per heavy atom. The summed E-state index contributed by atoms with van der Waals surface area (Å²) in [6, 6.07) is 6.88. The van der Waals surface area contributed by atoms with Crippen LogP contribution in [0.2, 0.25) is 0 Å². The molecule has 0 bridgehead atoms. The van der Waals surface area contributed by atoms with Gasteiger partial charge < -0.3 is 15.3 Å². The Labute approximate surface area is 148 Å². The van der Waals surface area contributed by atoms with E-state index >= 15 is 0 Å². The van der Waals surface area contributed by atoms with Crippen LogP contribution < -0.4 is 5.32 Å². The molecule has 2 amide bonds. The summed E-state index contributed by atoms with van der Waals surface area (Å²) in [6.45, 7) is 4.35. The predicted molar refractivity (Wildman–Crippen MR) is 94.6 cm³/mol. The van der Waals surface area contributed by atoms with Crippen molar-refractivity contribution in [2.75, 3.05) is 32.7 Å². The van der Waals surface area contributed by atoms with Crippen molar-refractivity contribution in [1.82, 2.24) is 15.1 Å². The Bertz CT molecular complexity index is 576. The highest BCUT2D eigenvalue weighted by atomic mass is 19.1. The molecule has 0 radical (unpaired) electrons. The predicted octanol–water partition coefficient (Wildman–Crippen LogP) is 2.20. The Balaban J connectivity index is 1.38. The molecular formula is C19H28FN3O2. The van der Waals surface area contributed by atoms with Crippen molar-refractivity contribution >= 4 is 6.03 Å². The number of urea groups is 1. The Hall–Kier alpha value is -1.66. The van der Waals surface area contributed by atoms with E-state index in [0.29, 0.717) is 25.6 Å². The smallest absolute Gasteiger partial charge is 0.317 e. The SMILES string of the molecule is O=C(NCC1CCN(Cc2ccccc2F)CC1)N1CCCC(O)C1. The molecule has 2 aliphatic heterocycles. The highest BCUT2D eigenvalue weighted by molar-refractivity contribution is 5.74. The molecule has 1 aromatic carbocycles. The Kier molecular flexibility index (Phi) is 6.26. The van der Waals surface area contributed by atoms with Crippen LogP contribution in [0.1, 0.15) is 31.2 Å². The summed E-state index contributed by atoms with van der Waals surface area (Å²) in [4.78, 5) is 16.2. The molecule has 0 aromatic heterocycles. The lowest BCUT2D eigenvalue weighted by Gasteiger charge is -2.33. The molecule has 1 aromatic rings. The fourth-order valence-electron chi connectivity index (χ4n) is 3.70. The van der Waals surface area contributed by atoms with Crippen LogP contribution in [0.25, 0.3) is 0 Å². The minimum atomic E-state index is -0.388. The number of halogens is 1. The van der Waals surface area contributed by atoms with Crippen molar-refractivity contribution in [3.63, 3.8) is 0 Å². The van der Waals surface area contributed by atoms with Gasteiger partial charge in [-0.3, -0.25) is 4.90 Å². The van der Waals surface area contributed by atoms with Gasteiger partial charge >= 0.3 is 6.03 Å². The van der Waals surface area contributed by atoms with Crippen LogP contribution in [0.3, 0.4) is 0 Å². The number of amides is 2. The number of hydrogen-bond acceptors (Lipinski definition) is 3. The van der Waals surface area contributed by atoms with Gasteiger partial charge in [-0.1, -0.05) is 18.2 Å². The number of carbonyl (C=O) groups excluding carboxylic acids is 1. The zero-order valence-corrected chi connectivity index (χ0v) is 14.7. The molecule has 25 heavy (non-hydrogen) atoms. The summed E-state index contributed by atoms with van der Waals surface area (Å²) in [5.41, 5.74) is 0.748. The largest absolute Gasteiger partial charge is 0.391 e. The maximum absolute atomic E-state index is 13.7. The van der Waals surface area contributed by atoms with Crippen LogP contribution in [0.5, 0.6) is 0 Å². The summed E-state index contributed by atoms with van der Waals surface area (Å²) < 4.78 is 13.7. The number of likely N-dealkylation sites (tertiary alicyclic amines) is 2. The van der Waals surface area contributed by atoms with Gasteiger partial charge in [-0.15, -0.1) is 0 Å². The van der Waals surface area contributed by atoms with Gasteiger partial charge in [0.05, 0.1) is 6.10 Å². The second-order valence-electron chi connectivity index (χ2n) is 7.24. The highest BCUT2D eigenvalue weighted by Gasteiger charge is 2.24. The van der Waals surface area contributed by atoms with E-state index in [-0.39, 0.29) is 18.0 Å². The molecule has 0 spiro atoms. The van der Waals surface area contributed by atoms with E-state index in [1.54, 1.807) is 11.0 Å². The number of aliphatic hydroxyl groups is 1. The van der Waals surface area contributed by atoms with E-state index in [2.05, 4.69) is 10.2 Å². The first kappa shape index (κ1) is 18.1. The number of hydrogen-bond donors (Lipinski definition) is 2. The number of piperidine rings is 2. The molecule has 0 aliphatic carbocycles. The van der Waals surface area contributed by atoms with Crippen molar-refractivity contribution in [2.24, 2.45) is 5.92 Å². The molecule has 2 N–H and O–H groups in total. The molecule has 2 fully saturated rings. The van der Waals surface area contributed by atoms with Crippen molar-refractivity contribution in [2.45, 2.75) is 38.3 Å². The maximum Gasteiger partial charge on any atom is 0.317 e. The normalized spacial score (nSPS) is 22.8. The first-order chi connectivity index (χ1) is 12.1.